The van der Waals surface area contributed by atoms with Gasteiger partial charge in [-0.3, -0.25) is 9.89 Å². The Hall–Kier alpha value is -2.22. The molecule has 2 heterocycles. The number of nitrogens with zero attached hydrogens (tertiary/aromatic N) is 2. The average molecular weight is 391 g/mol. The van der Waals surface area contributed by atoms with Crippen LogP contribution in [0.15, 0.2) is 23.4 Å². The monoisotopic (exact) mass is 390 g/mol. The zero-order chi connectivity index (χ0) is 19.2. The zero-order valence-corrected chi connectivity index (χ0v) is 16.8. The van der Waals surface area contributed by atoms with Crippen LogP contribution in [-0.4, -0.2) is 40.1 Å². The molecule has 146 valence electrons. The molecule has 0 saturated carbocycles. The number of carbonyl (C=O) groups is 1. The fourth-order valence-corrected chi connectivity index (χ4v) is 3.55. The number of aryl methyl sites for hydroxylation is 1. The molecule has 8 heteroatoms. The van der Waals surface area contributed by atoms with E-state index in [1.54, 1.807) is 0 Å². The van der Waals surface area contributed by atoms with Crippen molar-refractivity contribution in [2.75, 3.05) is 19.0 Å². The molecule has 27 heavy (non-hydrogen) atoms. The Morgan fingerprint density at radius 2 is 2.07 bits per heavy atom. The van der Waals surface area contributed by atoms with Crippen LogP contribution in [0.25, 0.3) is 0 Å². The normalized spacial score (nSPS) is 14.2. The molecule has 0 spiro atoms. The van der Waals surface area contributed by atoms with Gasteiger partial charge in [-0.1, -0.05) is 38.6 Å². The minimum Gasteiger partial charge on any atom is -0.486 e. The summed E-state index contributed by atoms with van der Waals surface area (Å²) in [5.74, 6) is 2.81. The highest BCUT2D eigenvalue weighted by Crippen LogP contribution is 2.34. The Morgan fingerprint density at radius 1 is 1.30 bits per heavy atom. The van der Waals surface area contributed by atoms with Crippen molar-refractivity contribution in [3.05, 3.63) is 29.6 Å². The molecule has 7 nitrogen and oxygen atoms in total. The first-order valence-electron chi connectivity index (χ1n) is 9.29. The number of aromatic amines is 1. The highest BCUT2D eigenvalue weighted by Gasteiger charge is 2.21. The first-order valence-corrected chi connectivity index (χ1v) is 10.3. The Bertz CT molecular complexity index is 778. The lowest BCUT2D eigenvalue weighted by atomic mass is 9.95. The van der Waals surface area contributed by atoms with E-state index in [1.165, 1.54) is 11.8 Å². The quantitative estimate of drug-likeness (QED) is 0.673. The Balaban J connectivity index is 1.61. The summed E-state index contributed by atoms with van der Waals surface area (Å²) in [6.45, 7) is 7.37. The summed E-state index contributed by atoms with van der Waals surface area (Å²) >= 11 is 1.34. The van der Waals surface area contributed by atoms with Gasteiger partial charge in [0.05, 0.1) is 11.8 Å². The molecule has 0 aliphatic carbocycles. The van der Waals surface area contributed by atoms with Crippen LogP contribution in [0.4, 0.5) is 0 Å². The largest absolute Gasteiger partial charge is 0.486 e. The van der Waals surface area contributed by atoms with Gasteiger partial charge in [0.1, 0.15) is 19.0 Å². The molecule has 1 atom stereocenters. The SMILES string of the molecule is CCCc1nc(SCC(=O)NC(c2ccc3c(c2)OCCO3)C(C)C)n[nH]1. The van der Waals surface area contributed by atoms with Gasteiger partial charge in [-0.05, 0) is 30.0 Å². The van der Waals surface area contributed by atoms with E-state index < -0.39 is 0 Å². The van der Waals surface area contributed by atoms with Gasteiger partial charge >= 0.3 is 0 Å². The van der Waals surface area contributed by atoms with Crippen molar-refractivity contribution in [1.29, 1.82) is 0 Å². The van der Waals surface area contributed by atoms with Crippen LogP contribution in [0.3, 0.4) is 0 Å². The minimum atomic E-state index is -0.100. The first-order chi connectivity index (χ1) is 13.1. The predicted octanol–water partition coefficient (Wildman–Crippen LogP) is 3.13. The van der Waals surface area contributed by atoms with Crippen molar-refractivity contribution in [3.63, 3.8) is 0 Å². The molecule has 3 rings (SSSR count). The third-order valence-electron chi connectivity index (χ3n) is 4.24. The van der Waals surface area contributed by atoms with Gasteiger partial charge < -0.3 is 14.8 Å². The lowest BCUT2D eigenvalue weighted by Crippen LogP contribution is -2.33. The van der Waals surface area contributed by atoms with Gasteiger partial charge in [-0.2, -0.15) is 0 Å². The average Bonchev–Trinajstić information content (AvgIpc) is 3.12. The van der Waals surface area contributed by atoms with Crippen molar-refractivity contribution in [2.45, 2.75) is 44.8 Å². The fraction of sp³-hybridized carbons (Fsp3) is 0.526. The van der Waals surface area contributed by atoms with E-state index in [1.807, 2.05) is 18.2 Å². The number of hydrogen-bond donors (Lipinski definition) is 2. The molecule has 0 fully saturated rings. The smallest absolute Gasteiger partial charge is 0.230 e. The molecule has 1 amide bonds. The summed E-state index contributed by atoms with van der Waals surface area (Å²) in [5, 5.41) is 10.8. The van der Waals surface area contributed by atoms with Crippen LogP contribution < -0.4 is 14.8 Å². The van der Waals surface area contributed by atoms with E-state index in [-0.39, 0.29) is 23.6 Å². The van der Waals surface area contributed by atoms with Crippen LogP contribution >= 0.6 is 11.8 Å². The van der Waals surface area contributed by atoms with Crippen molar-refractivity contribution in [3.8, 4) is 11.5 Å². The van der Waals surface area contributed by atoms with Gasteiger partial charge in [0.2, 0.25) is 11.1 Å². The Kier molecular flexibility index (Phi) is 6.60. The molecular weight excluding hydrogens is 364 g/mol. The van der Waals surface area contributed by atoms with Crippen molar-refractivity contribution in [1.82, 2.24) is 20.5 Å². The van der Waals surface area contributed by atoms with Crippen molar-refractivity contribution in [2.24, 2.45) is 5.92 Å². The van der Waals surface area contributed by atoms with Gasteiger partial charge in [-0.15, -0.1) is 5.10 Å². The number of benzene rings is 1. The molecular formula is C19H26N4O3S. The summed E-state index contributed by atoms with van der Waals surface area (Å²) < 4.78 is 11.2. The van der Waals surface area contributed by atoms with E-state index in [4.69, 9.17) is 9.47 Å². The number of fused-ring (bicyclic) bond motifs is 1. The van der Waals surface area contributed by atoms with Crippen LogP contribution in [-0.2, 0) is 11.2 Å². The van der Waals surface area contributed by atoms with E-state index in [0.29, 0.717) is 18.4 Å². The van der Waals surface area contributed by atoms with Crippen molar-refractivity contribution < 1.29 is 14.3 Å². The van der Waals surface area contributed by atoms with Crippen LogP contribution in [0, 0.1) is 5.92 Å². The number of amides is 1. The molecule has 1 aliphatic heterocycles. The predicted molar refractivity (Wildman–Crippen MR) is 104 cm³/mol. The summed E-state index contributed by atoms with van der Waals surface area (Å²) in [6, 6.07) is 5.75. The second-order valence-electron chi connectivity index (χ2n) is 6.80. The van der Waals surface area contributed by atoms with E-state index in [0.717, 1.165) is 35.7 Å². The van der Waals surface area contributed by atoms with Crippen LogP contribution in [0.2, 0.25) is 0 Å². The maximum Gasteiger partial charge on any atom is 0.230 e. The second kappa shape index (κ2) is 9.12. The van der Waals surface area contributed by atoms with Gasteiger partial charge in [0, 0.05) is 6.42 Å². The first kappa shape index (κ1) is 19.5. The number of carbonyl (C=O) groups excluding carboxylic acids is 1. The number of rotatable bonds is 8. The number of thioether (sulfide) groups is 1. The lowest BCUT2D eigenvalue weighted by molar-refractivity contribution is -0.119. The van der Waals surface area contributed by atoms with Gasteiger partial charge in [0.15, 0.2) is 11.5 Å². The number of hydrogen-bond acceptors (Lipinski definition) is 6. The highest BCUT2D eigenvalue weighted by molar-refractivity contribution is 7.99. The van der Waals surface area contributed by atoms with E-state index in [2.05, 4.69) is 41.3 Å². The summed E-state index contributed by atoms with van der Waals surface area (Å²) in [4.78, 5) is 16.9. The molecule has 0 saturated heterocycles. The van der Waals surface area contributed by atoms with E-state index in [9.17, 15) is 4.79 Å². The summed E-state index contributed by atoms with van der Waals surface area (Å²) in [7, 11) is 0. The van der Waals surface area contributed by atoms with Gasteiger partial charge in [-0.25, -0.2) is 4.98 Å². The molecule has 1 aliphatic rings. The summed E-state index contributed by atoms with van der Waals surface area (Å²) in [5.41, 5.74) is 1.01. The molecule has 0 bridgehead atoms. The fourth-order valence-electron chi connectivity index (χ4n) is 2.92. The molecule has 1 aromatic carbocycles. The molecule has 1 unspecified atom stereocenters. The van der Waals surface area contributed by atoms with Crippen LogP contribution in [0.5, 0.6) is 11.5 Å². The maximum atomic E-state index is 12.5. The number of H-pyrrole nitrogens is 1. The third kappa shape index (κ3) is 5.15. The zero-order valence-electron chi connectivity index (χ0n) is 15.9. The molecule has 2 aromatic rings. The Labute approximate surface area is 163 Å². The van der Waals surface area contributed by atoms with Crippen molar-refractivity contribution >= 4 is 17.7 Å². The van der Waals surface area contributed by atoms with Gasteiger partial charge in [0.25, 0.3) is 0 Å². The number of ether oxygens (including phenoxy) is 2. The minimum absolute atomic E-state index is 0.0459. The molecule has 1 aromatic heterocycles. The Morgan fingerprint density at radius 3 is 2.81 bits per heavy atom. The molecule has 2 N–H and O–H groups in total. The maximum absolute atomic E-state index is 12.5. The molecule has 0 radical (unpaired) electrons. The lowest BCUT2D eigenvalue weighted by Gasteiger charge is -2.25. The summed E-state index contributed by atoms with van der Waals surface area (Å²) in [6.07, 6.45) is 1.87. The number of aromatic nitrogens is 3. The topological polar surface area (TPSA) is 89.1 Å². The third-order valence-corrected chi connectivity index (χ3v) is 5.09. The standard InChI is InChI=1S/C19H26N4O3S/c1-4-5-16-20-19(23-22-16)27-11-17(24)21-18(12(2)3)13-6-7-14-15(10-13)26-9-8-25-14/h6-7,10,12,18H,4-5,8-9,11H2,1-3H3,(H,21,24)(H,20,22,23). The van der Waals surface area contributed by atoms with Crippen LogP contribution in [0.1, 0.15) is 44.6 Å². The highest BCUT2D eigenvalue weighted by atomic mass is 32.2. The second-order valence-corrected chi connectivity index (χ2v) is 7.74. The number of nitrogens with one attached hydrogen (secondary N) is 2. The van der Waals surface area contributed by atoms with E-state index >= 15 is 0 Å².